The fourth-order valence-corrected chi connectivity index (χ4v) is 6.88. The molecule has 8 heteroatoms. The fraction of sp³-hybridized carbons (Fsp3) is 0.300. The van der Waals surface area contributed by atoms with Gasteiger partial charge in [-0.15, -0.1) is 0 Å². The molecule has 0 saturated heterocycles. The first kappa shape index (κ1) is 22.8. The molecule has 1 aromatic heterocycles. The maximum absolute atomic E-state index is 13.7. The number of Topliss-reactive ketones (excluding diaryl/α,β-unsaturated/α-hetero) is 1. The summed E-state index contributed by atoms with van der Waals surface area (Å²) in [6.07, 6.45) is 4.54. The number of nitrogens with zero attached hydrogens (tertiary/aromatic N) is 2. The van der Waals surface area contributed by atoms with Crippen molar-refractivity contribution >= 4 is 40.7 Å². The van der Waals surface area contributed by atoms with Crippen LogP contribution < -0.4 is 15.5 Å². The van der Waals surface area contributed by atoms with Crippen LogP contribution in [0.25, 0.3) is 0 Å². The van der Waals surface area contributed by atoms with Crippen molar-refractivity contribution in [1.29, 1.82) is 0 Å². The molecule has 2 N–H and O–H groups in total. The summed E-state index contributed by atoms with van der Waals surface area (Å²) >= 11 is 0. The Morgan fingerprint density at radius 3 is 2.53 bits per heavy atom. The van der Waals surface area contributed by atoms with Crippen molar-refractivity contribution in [2.45, 2.75) is 49.4 Å². The van der Waals surface area contributed by atoms with Gasteiger partial charge in [0.25, 0.3) is 0 Å². The Bertz CT molecular complexity index is 1550. The van der Waals surface area contributed by atoms with Gasteiger partial charge in [-0.25, -0.2) is 4.98 Å². The lowest BCUT2D eigenvalue weighted by molar-refractivity contribution is -0.129. The van der Waals surface area contributed by atoms with Crippen LogP contribution in [0.2, 0.25) is 0 Å². The summed E-state index contributed by atoms with van der Waals surface area (Å²) in [5.41, 5.74) is 3.91. The third-order valence-corrected chi connectivity index (χ3v) is 8.79. The van der Waals surface area contributed by atoms with Crippen LogP contribution in [0.5, 0.6) is 0 Å². The molecule has 2 aliphatic heterocycles. The van der Waals surface area contributed by atoms with E-state index >= 15 is 0 Å². The highest BCUT2D eigenvalue weighted by Crippen LogP contribution is 2.50. The lowest BCUT2D eigenvalue weighted by Gasteiger charge is -2.31. The Labute approximate surface area is 219 Å². The number of hydrogen-bond donors (Lipinski definition) is 2. The molecule has 0 radical (unpaired) electrons. The van der Waals surface area contributed by atoms with Crippen molar-refractivity contribution in [1.82, 2.24) is 4.98 Å². The van der Waals surface area contributed by atoms with E-state index in [0.717, 1.165) is 27.9 Å². The Balaban J connectivity index is 1.10. The van der Waals surface area contributed by atoms with Gasteiger partial charge in [0.1, 0.15) is 18.1 Å². The quantitative estimate of drug-likeness (QED) is 0.566. The van der Waals surface area contributed by atoms with Crippen LogP contribution in [0.3, 0.4) is 0 Å². The lowest BCUT2D eigenvalue weighted by atomic mass is 9.70. The zero-order valence-corrected chi connectivity index (χ0v) is 20.8. The first-order chi connectivity index (χ1) is 18.4. The number of amides is 3. The van der Waals surface area contributed by atoms with Gasteiger partial charge in [-0.05, 0) is 66.6 Å². The molecule has 3 aromatic rings. The second kappa shape index (κ2) is 8.08. The molecule has 1 unspecified atom stereocenters. The fourth-order valence-electron chi connectivity index (χ4n) is 6.88. The predicted octanol–water partition coefficient (Wildman–Crippen LogP) is 3.44. The number of hydrogen-bond acceptors (Lipinski definition) is 5. The maximum atomic E-state index is 13.7. The van der Waals surface area contributed by atoms with E-state index in [1.807, 2.05) is 54.6 Å². The lowest BCUT2D eigenvalue weighted by Crippen LogP contribution is -2.45. The number of ketones is 1. The van der Waals surface area contributed by atoms with Crippen molar-refractivity contribution in [3.63, 3.8) is 0 Å². The zero-order chi connectivity index (χ0) is 26.1. The van der Waals surface area contributed by atoms with Gasteiger partial charge < -0.3 is 15.5 Å². The minimum atomic E-state index is -0.723. The normalized spacial score (nSPS) is 22.4. The number of carbonyl (C=O) groups is 4. The number of carbonyl (C=O) groups excluding carboxylic acids is 4. The highest BCUT2D eigenvalue weighted by atomic mass is 16.2. The maximum Gasteiger partial charge on any atom is 0.244 e. The first-order valence-corrected chi connectivity index (χ1v) is 13.0. The summed E-state index contributed by atoms with van der Waals surface area (Å²) in [5, 5.41) is 5.87. The van der Waals surface area contributed by atoms with Crippen LogP contribution in [-0.4, -0.2) is 35.0 Å². The van der Waals surface area contributed by atoms with Gasteiger partial charge >= 0.3 is 0 Å². The van der Waals surface area contributed by atoms with E-state index in [1.54, 1.807) is 11.1 Å². The molecule has 1 fully saturated rings. The smallest absolute Gasteiger partial charge is 0.244 e. The summed E-state index contributed by atoms with van der Waals surface area (Å²) in [5.74, 6) is 0.368. The molecule has 2 aliphatic carbocycles. The molecule has 4 aliphatic rings. The third-order valence-electron chi connectivity index (χ3n) is 8.79. The first-order valence-electron chi connectivity index (χ1n) is 13.0. The molecule has 2 spiro atoms. The molecular formula is C30H26N4O4. The van der Waals surface area contributed by atoms with E-state index < -0.39 is 10.8 Å². The molecule has 38 heavy (non-hydrogen) atoms. The van der Waals surface area contributed by atoms with Crippen LogP contribution in [0.4, 0.5) is 17.2 Å². The zero-order valence-electron chi connectivity index (χ0n) is 20.8. The molecule has 0 bridgehead atoms. The van der Waals surface area contributed by atoms with E-state index in [-0.39, 0.29) is 30.0 Å². The molecule has 7 rings (SSSR count). The Morgan fingerprint density at radius 2 is 1.68 bits per heavy atom. The number of benzene rings is 2. The van der Waals surface area contributed by atoms with Gasteiger partial charge in [0.2, 0.25) is 17.7 Å². The van der Waals surface area contributed by atoms with Crippen molar-refractivity contribution in [3.05, 3.63) is 83.0 Å². The van der Waals surface area contributed by atoms with E-state index in [9.17, 15) is 19.2 Å². The van der Waals surface area contributed by atoms with E-state index in [4.69, 9.17) is 0 Å². The SMILES string of the molecule is O=C1CCC2(CC1)C(=O)N(CC(=O)Nc1ccc3c(c1)CC1(C3)C(=O)Nc3ncccc31)c1ccccc12. The number of rotatable bonds is 3. The topological polar surface area (TPSA) is 108 Å². The molecule has 1 atom stereocenters. The molecule has 8 nitrogen and oxygen atoms in total. The molecule has 2 aromatic carbocycles. The number of para-hydroxylation sites is 1. The molecule has 190 valence electrons. The Hall–Kier alpha value is -4.33. The van der Waals surface area contributed by atoms with Crippen molar-refractivity contribution < 1.29 is 19.2 Å². The van der Waals surface area contributed by atoms with E-state index in [0.29, 0.717) is 50.0 Å². The van der Waals surface area contributed by atoms with Crippen molar-refractivity contribution in [3.8, 4) is 0 Å². The standard InChI is InChI=1S/C30H26N4O4/c35-21-9-11-29(12-10-21)22-4-1-2-6-24(22)34(28(29)38)17-25(36)32-20-8-7-18-15-30(16-19(18)14-20)23-5-3-13-31-26(23)33-27(30)37/h1-8,13-14H,9-12,15-17H2,(H,32,36)(H,31,33,37). The third kappa shape index (κ3) is 3.19. The van der Waals surface area contributed by atoms with Gasteiger partial charge in [-0.1, -0.05) is 30.3 Å². The van der Waals surface area contributed by atoms with Crippen LogP contribution in [-0.2, 0) is 42.8 Å². The summed E-state index contributed by atoms with van der Waals surface area (Å²) in [6.45, 7) is -0.103. The second-order valence-electron chi connectivity index (χ2n) is 10.9. The second-order valence-corrected chi connectivity index (χ2v) is 10.9. The molecule has 1 saturated carbocycles. The van der Waals surface area contributed by atoms with Gasteiger partial charge in [-0.3, -0.25) is 19.2 Å². The summed E-state index contributed by atoms with van der Waals surface area (Å²) in [4.78, 5) is 57.6. The van der Waals surface area contributed by atoms with Crippen LogP contribution in [0.15, 0.2) is 60.8 Å². The number of aromatic nitrogens is 1. The van der Waals surface area contributed by atoms with Crippen LogP contribution >= 0.6 is 0 Å². The van der Waals surface area contributed by atoms with Crippen molar-refractivity contribution in [2.75, 3.05) is 22.1 Å². The molecule has 3 heterocycles. The Morgan fingerprint density at radius 1 is 0.921 bits per heavy atom. The van der Waals surface area contributed by atoms with Gasteiger partial charge in [0, 0.05) is 36.0 Å². The average molecular weight is 507 g/mol. The molecular weight excluding hydrogens is 480 g/mol. The largest absolute Gasteiger partial charge is 0.325 e. The highest BCUT2D eigenvalue weighted by molar-refractivity contribution is 6.12. The minimum absolute atomic E-state index is 0.0439. The van der Waals surface area contributed by atoms with Gasteiger partial charge in [0.15, 0.2) is 0 Å². The highest BCUT2D eigenvalue weighted by Gasteiger charge is 2.53. The summed E-state index contributed by atoms with van der Waals surface area (Å²) in [7, 11) is 0. The van der Waals surface area contributed by atoms with E-state index in [1.165, 1.54) is 0 Å². The Kier molecular flexibility index (Phi) is 4.86. The van der Waals surface area contributed by atoms with Crippen LogP contribution in [0.1, 0.15) is 47.9 Å². The average Bonchev–Trinajstić information content (AvgIpc) is 3.51. The number of pyridine rings is 1. The monoisotopic (exact) mass is 506 g/mol. The number of anilines is 3. The van der Waals surface area contributed by atoms with Gasteiger partial charge in [-0.2, -0.15) is 0 Å². The van der Waals surface area contributed by atoms with Crippen molar-refractivity contribution in [2.24, 2.45) is 0 Å². The predicted molar refractivity (Wildman–Crippen MR) is 141 cm³/mol. The van der Waals surface area contributed by atoms with E-state index in [2.05, 4.69) is 15.6 Å². The van der Waals surface area contributed by atoms with Crippen LogP contribution in [0, 0.1) is 0 Å². The summed E-state index contributed by atoms with van der Waals surface area (Å²) in [6, 6.07) is 17.1. The number of nitrogens with one attached hydrogen (secondary N) is 2. The summed E-state index contributed by atoms with van der Waals surface area (Å²) < 4.78 is 0. The molecule has 3 amide bonds. The van der Waals surface area contributed by atoms with Gasteiger partial charge in [0.05, 0.1) is 10.8 Å². The number of fused-ring (bicyclic) bond motifs is 5. The minimum Gasteiger partial charge on any atom is -0.325 e.